The van der Waals surface area contributed by atoms with Crippen LogP contribution in [0, 0.1) is 11.5 Å². The molecule has 74 valence electrons. The zero-order valence-corrected chi connectivity index (χ0v) is 7.19. The standard InChI is InChI=1S/C7H13N3O3/c8-4-2-1-3-6(7(11)12)10-13-5-9/h6,10H,1-4,8H2,(H,11,12)/t6-/m0/s1. The summed E-state index contributed by atoms with van der Waals surface area (Å²) in [5, 5.41) is 16.6. The van der Waals surface area contributed by atoms with Crippen molar-refractivity contribution in [2.45, 2.75) is 25.3 Å². The van der Waals surface area contributed by atoms with E-state index in [1.807, 2.05) is 0 Å². The third-order valence-electron chi connectivity index (χ3n) is 1.49. The van der Waals surface area contributed by atoms with Crippen molar-refractivity contribution < 1.29 is 14.7 Å². The van der Waals surface area contributed by atoms with E-state index in [1.54, 1.807) is 0 Å². The largest absolute Gasteiger partial charge is 0.480 e. The van der Waals surface area contributed by atoms with Gasteiger partial charge in [-0.1, -0.05) is 0 Å². The van der Waals surface area contributed by atoms with Gasteiger partial charge in [-0.05, 0) is 25.8 Å². The van der Waals surface area contributed by atoms with Crippen LogP contribution in [0.15, 0.2) is 0 Å². The van der Waals surface area contributed by atoms with Crippen molar-refractivity contribution in [3.8, 4) is 6.26 Å². The summed E-state index contributed by atoms with van der Waals surface area (Å²) in [6, 6.07) is -0.841. The van der Waals surface area contributed by atoms with Crippen LogP contribution < -0.4 is 11.2 Å². The van der Waals surface area contributed by atoms with E-state index in [9.17, 15) is 4.79 Å². The maximum Gasteiger partial charge on any atom is 0.324 e. The van der Waals surface area contributed by atoms with Crippen LogP contribution in [-0.4, -0.2) is 23.7 Å². The van der Waals surface area contributed by atoms with E-state index < -0.39 is 12.0 Å². The fraction of sp³-hybridized carbons (Fsp3) is 0.714. The van der Waals surface area contributed by atoms with Gasteiger partial charge >= 0.3 is 12.2 Å². The summed E-state index contributed by atoms with van der Waals surface area (Å²) >= 11 is 0. The van der Waals surface area contributed by atoms with Crippen LogP contribution in [0.1, 0.15) is 19.3 Å². The number of nitriles is 1. The molecule has 0 unspecified atom stereocenters. The number of nitrogens with zero attached hydrogens (tertiary/aromatic N) is 1. The summed E-state index contributed by atoms with van der Waals surface area (Å²) in [7, 11) is 0. The van der Waals surface area contributed by atoms with Gasteiger partial charge in [-0.2, -0.15) is 0 Å². The SMILES string of the molecule is N#CON[C@@H](CCCCN)C(=O)O. The molecule has 0 aliphatic heterocycles. The lowest BCUT2D eigenvalue weighted by molar-refractivity contribution is -0.142. The molecule has 0 aromatic carbocycles. The Morgan fingerprint density at radius 1 is 1.69 bits per heavy atom. The Hall–Kier alpha value is -1.32. The van der Waals surface area contributed by atoms with Crippen molar-refractivity contribution in [3.05, 3.63) is 0 Å². The molecule has 0 amide bonds. The second kappa shape index (κ2) is 7.34. The molecular weight excluding hydrogens is 174 g/mol. The van der Waals surface area contributed by atoms with E-state index in [0.29, 0.717) is 19.4 Å². The molecule has 0 spiro atoms. The van der Waals surface area contributed by atoms with Crippen LogP contribution in [0.25, 0.3) is 0 Å². The molecule has 0 radical (unpaired) electrons. The van der Waals surface area contributed by atoms with Crippen LogP contribution >= 0.6 is 0 Å². The minimum atomic E-state index is -1.03. The highest BCUT2D eigenvalue weighted by Crippen LogP contribution is 2.00. The molecule has 0 aliphatic carbocycles. The number of nitrogens with two attached hydrogens (primary N) is 1. The number of carboxylic acid groups (broad SMARTS) is 1. The normalized spacial score (nSPS) is 11.7. The molecule has 13 heavy (non-hydrogen) atoms. The highest BCUT2D eigenvalue weighted by molar-refractivity contribution is 5.73. The van der Waals surface area contributed by atoms with Gasteiger partial charge in [0.1, 0.15) is 6.04 Å². The van der Waals surface area contributed by atoms with Crippen molar-refractivity contribution in [2.75, 3.05) is 6.54 Å². The fourth-order valence-electron chi connectivity index (χ4n) is 0.823. The van der Waals surface area contributed by atoms with Crippen molar-refractivity contribution in [1.29, 1.82) is 5.26 Å². The molecule has 0 rings (SSSR count). The number of carbonyl (C=O) groups is 1. The van der Waals surface area contributed by atoms with Crippen molar-refractivity contribution in [1.82, 2.24) is 5.48 Å². The van der Waals surface area contributed by atoms with Gasteiger partial charge in [0.2, 0.25) is 0 Å². The molecular formula is C7H13N3O3. The predicted octanol–water partition coefficient (Wildman–Crippen LogP) is -0.429. The quantitative estimate of drug-likeness (QED) is 0.283. The molecule has 1 atom stereocenters. The Morgan fingerprint density at radius 2 is 2.38 bits per heavy atom. The Kier molecular flexibility index (Phi) is 6.59. The number of nitrogens with one attached hydrogen (secondary N) is 1. The zero-order valence-electron chi connectivity index (χ0n) is 7.19. The zero-order chi connectivity index (χ0) is 10.1. The van der Waals surface area contributed by atoms with Crippen molar-refractivity contribution in [3.63, 3.8) is 0 Å². The summed E-state index contributed by atoms with van der Waals surface area (Å²) < 4.78 is 0. The summed E-state index contributed by atoms with van der Waals surface area (Å²) in [5.41, 5.74) is 7.37. The second-order valence-corrected chi connectivity index (χ2v) is 2.49. The van der Waals surface area contributed by atoms with E-state index in [1.165, 1.54) is 6.26 Å². The van der Waals surface area contributed by atoms with Gasteiger partial charge in [-0.3, -0.25) is 4.79 Å². The highest BCUT2D eigenvalue weighted by atomic mass is 16.6. The Labute approximate surface area is 76.2 Å². The number of hydrogen-bond acceptors (Lipinski definition) is 5. The first-order chi connectivity index (χ1) is 6.22. The van der Waals surface area contributed by atoms with Gasteiger partial charge in [-0.25, -0.2) is 0 Å². The average Bonchev–Trinajstić information content (AvgIpc) is 2.10. The number of hydrogen-bond donors (Lipinski definition) is 3. The third kappa shape index (κ3) is 5.90. The highest BCUT2D eigenvalue weighted by Gasteiger charge is 2.16. The van der Waals surface area contributed by atoms with E-state index in [2.05, 4.69) is 10.3 Å². The first-order valence-corrected chi connectivity index (χ1v) is 3.95. The van der Waals surface area contributed by atoms with Gasteiger partial charge < -0.3 is 15.7 Å². The Balaban J connectivity index is 3.68. The molecule has 0 saturated heterocycles. The molecule has 0 saturated carbocycles. The van der Waals surface area contributed by atoms with E-state index in [-0.39, 0.29) is 0 Å². The monoisotopic (exact) mass is 187 g/mol. The van der Waals surface area contributed by atoms with Gasteiger partial charge in [0.25, 0.3) is 0 Å². The molecule has 6 nitrogen and oxygen atoms in total. The van der Waals surface area contributed by atoms with Crippen LogP contribution in [0.2, 0.25) is 0 Å². The van der Waals surface area contributed by atoms with Crippen LogP contribution in [0.4, 0.5) is 0 Å². The lowest BCUT2D eigenvalue weighted by Crippen LogP contribution is -2.35. The minimum Gasteiger partial charge on any atom is -0.480 e. The Bertz CT molecular complexity index is 190. The first-order valence-electron chi connectivity index (χ1n) is 3.95. The second-order valence-electron chi connectivity index (χ2n) is 2.49. The molecule has 0 aliphatic rings. The molecule has 0 fully saturated rings. The van der Waals surface area contributed by atoms with E-state index in [4.69, 9.17) is 16.1 Å². The van der Waals surface area contributed by atoms with Gasteiger partial charge in [0.05, 0.1) is 0 Å². The number of unbranched alkanes of at least 4 members (excludes halogenated alkanes) is 1. The maximum absolute atomic E-state index is 10.5. The fourth-order valence-corrected chi connectivity index (χ4v) is 0.823. The smallest absolute Gasteiger partial charge is 0.324 e. The molecule has 6 heteroatoms. The third-order valence-corrected chi connectivity index (χ3v) is 1.49. The summed E-state index contributed by atoms with van der Waals surface area (Å²) in [6.45, 7) is 0.533. The van der Waals surface area contributed by atoms with Gasteiger partial charge in [0, 0.05) is 0 Å². The van der Waals surface area contributed by atoms with Gasteiger partial charge in [0.15, 0.2) is 0 Å². The van der Waals surface area contributed by atoms with Crippen LogP contribution in [-0.2, 0) is 9.63 Å². The maximum atomic E-state index is 10.5. The summed E-state index contributed by atoms with van der Waals surface area (Å²) in [5.74, 6) is -1.03. The van der Waals surface area contributed by atoms with Crippen LogP contribution in [0.3, 0.4) is 0 Å². The summed E-state index contributed by atoms with van der Waals surface area (Å²) in [6.07, 6.45) is 3.19. The lowest BCUT2D eigenvalue weighted by atomic mass is 10.1. The molecule has 0 heterocycles. The predicted molar refractivity (Wildman–Crippen MR) is 44.2 cm³/mol. The number of aliphatic carboxylic acids is 1. The van der Waals surface area contributed by atoms with Gasteiger partial charge in [-0.15, -0.1) is 10.7 Å². The molecule has 0 aromatic heterocycles. The molecule has 0 bridgehead atoms. The number of rotatable bonds is 7. The molecule has 0 aromatic rings. The Morgan fingerprint density at radius 3 is 2.85 bits per heavy atom. The molecule has 4 N–H and O–H groups in total. The van der Waals surface area contributed by atoms with E-state index in [0.717, 1.165) is 6.42 Å². The summed E-state index contributed by atoms with van der Waals surface area (Å²) in [4.78, 5) is 14.6. The van der Waals surface area contributed by atoms with Crippen molar-refractivity contribution >= 4 is 5.97 Å². The van der Waals surface area contributed by atoms with Crippen molar-refractivity contribution in [2.24, 2.45) is 5.73 Å². The number of hydroxylamine groups is 1. The first kappa shape index (κ1) is 11.7. The van der Waals surface area contributed by atoms with E-state index >= 15 is 0 Å². The van der Waals surface area contributed by atoms with Crippen LogP contribution in [0.5, 0.6) is 0 Å². The topological polar surface area (TPSA) is 108 Å². The number of carboxylic acids is 1. The average molecular weight is 187 g/mol. The lowest BCUT2D eigenvalue weighted by Gasteiger charge is -2.10. The minimum absolute atomic E-state index is 0.397.